The van der Waals surface area contributed by atoms with Gasteiger partial charge in [0, 0.05) is 38.3 Å². The van der Waals surface area contributed by atoms with Gasteiger partial charge in [-0.2, -0.15) is 0 Å². The molecule has 0 radical (unpaired) electrons. The Balaban J connectivity index is 1.18. The fourth-order valence-electron chi connectivity index (χ4n) is 4.00. The monoisotopic (exact) mass is 467 g/mol. The second-order valence-corrected chi connectivity index (χ2v) is 8.74. The maximum atomic E-state index is 12.4. The second kappa shape index (κ2) is 10.9. The third-order valence-electron chi connectivity index (χ3n) is 5.84. The van der Waals surface area contributed by atoms with Gasteiger partial charge in [-0.3, -0.25) is 9.69 Å². The van der Waals surface area contributed by atoms with E-state index in [1.807, 2.05) is 60.7 Å². The number of rotatable bonds is 7. The fraction of sp³-hybridized carbons (Fsp3) is 0.269. The quantitative estimate of drug-likeness (QED) is 0.459. The van der Waals surface area contributed by atoms with Gasteiger partial charge in [0.1, 0.15) is 0 Å². The number of hydrogen-bond donors (Lipinski definition) is 1. The SMILES string of the molecule is O=C(NCCCN1CCN(c2cccc(Cl)c2Cl)CC1)c1ccc(-c2ccccc2)cc1. The van der Waals surface area contributed by atoms with Gasteiger partial charge in [0.15, 0.2) is 0 Å². The van der Waals surface area contributed by atoms with Crippen molar-refractivity contribution < 1.29 is 4.79 Å². The van der Waals surface area contributed by atoms with Gasteiger partial charge in [-0.25, -0.2) is 0 Å². The zero-order valence-electron chi connectivity index (χ0n) is 17.9. The number of piperazine rings is 1. The molecule has 4 rings (SSSR count). The summed E-state index contributed by atoms with van der Waals surface area (Å²) in [4.78, 5) is 17.2. The lowest BCUT2D eigenvalue weighted by Gasteiger charge is -2.36. The number of nitrogens with zero attached hydrogens (tertiary/aromatic N) is 2. The van der Waals surface area contributed by atoms with Crippen LogP contribution in [-0.2, 0) is 0 Å². The molecule has 0 spiro atoms. The summed E-state index contributed by atoms with van der Waals surface area (Å²) in [5, 5.41) is 4.26. The Morgan fingerprint density at radius 1 is 0.812 bits per heavy atom. The van der Waals surface area contributed by atoms with E-state index in [0.717, 1.165) is 56.0 Å². The van der Waals surface area contributed by atoms with E-state index in [4.69, 9.17) is 23.2 Å². The van der Waals surface area contributed by atoms with Crippen molar-refractivity contribution in [2.24, 2.45) is 0 Å². The number of carbonyl (C=O) groups is 1. The zero-order chi connectivity index (χ0) is 22.3. The molecule has 3 aromatic carbocycles. The summed E-state index contributed by atoms with van der Waals surface area (Å²) in [6.45, 7) is 5.40. The molecule has 1 aliphatic rings. The van der Waals surface area contributed by atoms with Crippen molar-refractivity contribution in [2.75, 3.05) is 44.2 Å². The molecule has 1 heterocycles. The highest BCUT2D eigenvalue weighted by molar-refractivity contribution is 6.43. The Morgan fingerprint density at radius 2 is 1.50 bits per heavy atom. The molecule has 32 heavy (non-hydrogen) atoms. The van der Waals surface area contributed by atoms with Crippen LogP contribution in [0.15, 0.2) is 72.8 Å². The third-order valence-corrected chi connectivity index (χ3v) is 6.64. The van der Waals surface area contributed by atoms with Crippen molar-refractivity contribution in [3.05, 3.63) is 88.4 Å². The first-order valence-electron chi connectivity index (χ1n) is 11.0. The van der Waals surface area contributed by atoms with Crippen molar-refractivity contribution in [3.8, 4) is 11.1 Å². The molecule has 1 N–H and O–H groups in total. The molecular formula is C26H27Cl2N3O. The van der Waals surface area contributed by atoms with E-state index < -0.39 is 0 Å². The molecule has 0 aromatic heterocycles. The number of amides is 1. The molecule has 3 aromatic rings. The molecule has 4 nitrogen and oxygen atoms in total. The molecule has 6 heteroatoms. The van der Waals surface area contributed by atoms with Crippen molar-refractivity contribution in [1.82, 2.24) is 10.2 Å². The maximum Gasteiger partial charge on any atom is 0.251 e. The zero-order valence-corrected chi connectivity index (χ0v) is 19.4. The van der Waals surface area contributed by atoms with Gasteiger partial charge < -0.3 is 10.2 Å². The van der Waals surface area contributed by atoms with Gasteiger partial charge >= 0.3 is 0 Å². The van der Waals surface area contributed by atoms with E-state index in [2.05, 4.69) is 27.2 Å². The van der Waals surface area contributed by atoms with Gasteiger partial charge in [0.2, 0.25) is 0 Å². The molecule has 1 aliphatic heterocycles. The molecule has 0 atom stereocenters. The molecule has 1 fully saturated rings. The minimum Gasteiger partial charge on any atom is -0.368 e. The van der Waals surface area contributed by atoms with E-state index in [0.29, 0.717) is 22.2 Å². The summed E-state index contributed by atoms with van der Waals surface area (Å²) in [6, 6.07) is 23.7. The largest absolute Gasteiger partial charge is 0.368 e. The summed E-state index contributed by atoms with van der Waals surface area (Å²) in [5.74, 6) is -0.0231. The Hall–Kier alpha value is -2.53. The molecule has 0 bridgehead atoms. The van der Waals surface area contributed by atoms with Gasteiger partial charge in [0.05, 0.1) is 15.7 Å². The predicted octanol–water partition coefficient (Wildman–Crippen LogP) is 5.60. The average molecular weight is 468 g/mol. The number of hydrogen-bond acceptors (Lipinski definition) is 3. The minimum absolute atomic E-state index is 0.0231. The smallest absolute Gasteiger partial charge is 0.251 e. The first-order chi connectivity index (χ1) is 15.6. The minimum atomic E-state index is -0.0231. The summed E-state index contributed by atoms with van der Waals surface area (Å²) in [5.41, 5.74) is 3.96. The fourth-order valence-corrected chi connectivity index (χ4v) is 4.42. The summed E-state index contributed by atoms with van der Waals surface area (Å²) in [7, 11) is 0. The van der Waals surface area contributed by atoms with Gasteiger partial charge in [-0.15, -0.1) is 0 Å². The van der Waals surface area contributed by atoms with Crippen LogP contribution in [-0.4, -0.2) is 50.1 Å². The Bertz CT molecular complexity index is 1030. The maximum absolute atomic E-state index is 12.4. The number of benzene rings is 3. The Kier molecular flexibility index (Phi) is 7.69. The van der Waals surface area contributed by atoms with Crippen LogP contribution in [0.5, 0.6) is 0 Å². The van der Waals surface area contributed by atoms with Crippen LogP contribution < -0.4 is 10.2 Å². The Morgan fingerprint density at radius 3 is 2.22 bits per heavy atom. The van der Waals surface area contributed by atoms with Crippen molar-refractivity contribution in [1.29, 1.82) is 0 Å². The van der Waals surface area contributed by atoms with Crippen LogP contribution in [0.2, 0.25) is 10.0 Å². The number of halogens is 2. The molecule has 0 aliphatic carbocycles. The van der Waals surface area contributed by atoms with Crippen LogP contribution in [0.4, 0.5) is 5.69 Å². The van der Waals surface area contributed by atoms with Crippen molar-refractivity contribution >= 4 is 34.8 Å². The predicted molar refractivity (Wildman–Crippen MR) is 134 cm³/mol. The lowest BCUT2D eigenvalue weighted by Crippen LogP contribution is -2.47. The number of nitrogens with one attached hydrogen (secondary N) is 1. The highest BCUT2D eigenvalue weighted by Gasteiger charge is 2.19. The topological polar surface area (TPSA) is 35.6 Å². The van der Waals surface area contributed by atoms with E-state index in [9.17, 15) is 4.79 Å². The Labute approximate surface area is 199 Å². The van der Waals surface area contributed by atoms with E-state index in [-0.39, 0.29) is 5.91 Å². The first kappa shape index (κ1) is 22.7. The summed E-state index contributed by atoms with van der Waals surface area (Å²) >= 11 is 12.5. The standard InChI is InChI=1S/C26H27Cl2N3O/c27-23-8-4-9-24(25(23)28)31-18-16-30(17-19-31)15-5-14-29-26(32)22-12-10-21(11-13-22)20-6-2-1-3-7-20/h1-4,6-13H,5,14-19H2,(H,29,32). The number of carbonyl (C=O) groups excluding carboxylic acids is 1. The van der Waals surface area contributed by atoms with Crippen LogP contribution in [0.25, 0.3) is 11.1 Å². The molecular weight excluding hydrogens is 441 g/mol. The lowest BCUT2D eigenvalue weighted by molar-refractivity contribution is 0.0951. The van der Waals surface area contributed by atoms with Gasteiger partial charge in [-0.05, 0) is 48.4 Å². The van der Waals surface area contributed by atoms with Gasteiger partial charge in [-0.1, -0.05) is 71.7 Å². The molecule has 1 saturated heterocycles. The van der Waals surface area contributed by atoms with Crippen LogP contribution >= 0.6 is 23.2 Å². The highest BCUT2D eigenvalue weighted by Crippen LogP contribution is 2.32. The summed E-state index contributed by atoms with van der Waals surface area (Å²) < 4.78 is 0. The second-order valence-electron chi connectivity index (χ2n) is 7.95. The van der Waals surface area contributed by atoms with Crippen molar-refractivity contribution in [2.45, 2.75) is 6.42 Å². The lowest BCUT2D eigenvalue weighted by atomic mass is 10.0. The van der Waals surface area contributed by atoms with Crippen LogP contribution in [0.1, 0.15) is 16.8 Å². The molecule has 166 valence electrons. The summed E-state index contributed by atoms with van der Waals surface area (Å²) in [6.07, 6.45) is 0.922. The number of anilines is 1. The molecule has 1 amide bonds. The first-order valence-corrected chi connectivity index (χ1v) is 11.7. The van der Waals surface area contributed by atoms with Crippen LogP contribution in [0, 0.1) is 0 Å². The third kappa shape index (κ3) is 5.63. The molecule has 0 unspecified atom stereocenters. The van der Waals surface area contributed by atoms with Crippen LogP contribution in [0.3, 0.4) is 0 Å². The van der Waals surface area contributed by atoms with Gasteiger partial charge in [0.25, 0.3) is 5.91 Å². The van der Waals surface area contributed by atoms with Crippen molar-refractivity contribution in [3.63, 3.8) is 0 Å². The average Bonchev–Trinajstić information content (AvgIpc) is 2.84. The van der Waals surface area contributed by atoms with E-state index >= 15 is 0 Å². The normalized spacial score (nSPS) is 14.4. The van der Waals surface area contributed by atoms with E-state index in [1.54, 1.807) is 0 Å². The highest BCUT2D eigenvalue weighted by atomic mass is 35.5. The molecule has 0 saturated carbocycles. The van der Waals surface area contributed by atoms with E-state index in [1.165, 1.54) is 0 Å².